The highest BCUT2D eigenvalue weighted by molar-refractivity contribution is 5.77. The molecule has 0 radical (unpaired) electrons. The summed E-state index contributed by atoms with van der Waals surface area (Å²) in [6.07, 6.45) is 7.74. The minimum atomic E-state index is -1.02. The number of nitrogens with zero attached hydrogens (tertiary/aromatic N) is 3. The van der Waals surface area contributed by atoms with Crippen LogP contribution in [0.2, 0.25) is 0 Å². The molecule has 10 heteroatoms. The number of morpholine rings is 1. The molecule has 53 heavy (non-hydrogen) atoms. The minimum absolute atomic E-state index is 0.00320. The first kappa shape index (κ1) is 39.0. The zero-order valence-electron chi connectivity index (χ0n) is 34.7. The van der Waals surface area contributed by atoms with Crippen molar-refractivity contribution < 1.29 is 34.0 Å². The Morgan fingerprint density at radius 1 is 1.02 bits per heavy atom. The number of likely N-dealkylation sites (tertiary alicyclic amines) is 1. The summed E-state index contributed by atoms with van der Waals surface area (Å²) in [6, 6.07) is 0.462. The maximum Gasteiger partial charge on any atom is 0.236 e. The lowest BCUT2D eigenvalue weighted by Crippen LogP contribution is -2.64. The van der Waals surface area contributed by atoms with Gasteiger partial charge >= 0.3 is 0 Å². The Morgan fingerprint density at radius 2 is 1.72 bits per heavy atom. The van der Waals surface area contributed by atoms with Gasteiger partial charge in [0.2, 0.25) is 5.91 Å². The number of carbonyl (C=O) groups is 1. The average molecular weight is 744 g/mol. The van der Waals surface area contributed by atoms with Crippen LogP contribution < -0.4 is 0 Å². The lowest BCUT2D eigenvalue weighted by Gasteiger charge is -2.64. The van der Waals surface area contributed by atoms with Crippen molar-refractivity contribution >= 4 is 5.91 Å². The molecule has 3 saturated heterocycles. The zero-order chi connectivity index (χ0) is 38.1. The highest BCUT2D eigenvalue weighted by atomic mass is 16.7. The summed E-state index contributed by atoms with van der Waals surface area (Å²) >= 11 is 0. The van der Waals surface area contributed by atoms with E-state index in [4.69, 9.17) is 18.9 Å². The van der Waals surface area contributed by atoms with Crippen molar-refractivity contribution in [1.82, 2.24) is 14.7 Å². The predicted molar refractivity (Wildman–Crippen MR) is 203 cm³/mol. The molecule has 5 saturated carbocycles. The van der Waals surface area contributed by atoms with Gasteiger partial charge in [0, 0.05) is 58.3 Å². The topological polar surface area (TPSA) is 104 Å². The van der Waals surface area contributed by atoms with Crippen molar-refractivity contribution in [2.24, 2.45) is 50.7 Å². The van der Waals surface area contributed by atoms with E-state index >= 15 is 0 Å². The summed E-state index contributed by atoms with van der Waals surface area (Å²) in [6.45, 7) is 23.3. The van der Waals surface area contributed by atoms with Crippen molar-refractivity contribution in [1.29, 1.82) is 0 Å². The molecule has 8 aliphatic rings. The van der Waals surface area contributed by atoms with Gasteiger partial charge in [-0.15, -0.1) is 0 Å². The van der Waals surface area contributed by atoms with Gasteiger partial charge in [0.1, 0.15) is 6.10 Å². The fraction of sp³-hybridized carbons (Fsp3) is 0.977. The maximum atomic E-state index is 12.7. The molecular formula is C43H73N3O7. The van der Waals surface area contributed by atoms with Gasteiger partial charge in [-0.05, 0) is 117 Å². The summed E-state index contributed by atoms with van der Waals surface area (Å²) < 4.78 is 26.4. The normalized spacial score (nSPS) is 48.7. The van der Waals surface area contributed by atoms with Gasteiger partial charge in [-0.2, -0.15) is 0 Å². The first-order chi connectivity index (χ1) is 24.8. The first-order valence-corrected chi connectivity index (χ1v) is 21.4. The van der Waals surface area contributed by atoms with Crippen LogP contribution in [0.25, 0.3) is 0 Å². The number of hydrogen-bond donors (Lipinski definition) is 2. The molecule has 5 aliphatic carbocycles. The van der Waals surface area contributed by atoms with Gasteiger partial charge in [0.15, 0.2) is 6.29 Å². The molecule has 3 heterocycles. The number of carbonyl (C=O) groups excluding carboxylic acids is 1. The smallest absolute Gasteiger partial charge is 0.236 e. The van der Waals surface area contributed by atoms with E-state index in [0.717, 1.165) is 51.9 Å². The molecule has 0 aromatic carbocycles. The molecule has 14 atom stereocenters. The molecule has 2 spiro atoms. The van der Waals surface area contributed by atoms with Crippen molar-refractivity contribution in [3.63, 3.8) is 0 Å². The summed E-state index contributed by atoms with van der Waals surface area (Å²) in [4.78, 5) is 18.7. The van der Waals surface area contributed by atoms with Crippen LogP contribution in [0.3, 0.4) is 0 Å². The maximum absolute atomic E-state index is 12.7. The van der Waals surface area contributed by atoms with Crippen LogP contribution in [0, 0.1) is 50.7 Å². The van der Waals surface area contributed by atoms with E-state index in [1.54, 1.807) is 4.90 Å². The fourth-order valence-corrected chi connectivity index (χ4v) is 15.2. The largest absolute Gasteiger partial charge is 0.390 e. The van der Waals surface area contributed by atoms with Crippen LogP contribution in [-0.4, -0.2) is 139 Å². The molecule has 3 aliphatic heterocycles. The van der Waals surface area contributed by atoms with E-state index in [-0.39, 0.29) is 52.2 Å². The van der Waals surface area contributed by atoms with Gasteiger partial charge in [0.25, 0.3) is 0 Å². The summed E-state index contributed by atoms with van der Waals surface area (Å²) in [5.41, 5.74) is -0.590. The van der Waals surface area contributed by atoms with Crippen LogP contribution in [0.4, 0.5) is 0 Å². The molecule has 5 unspecified atom stereocenters. The summed E-state index contributed by atoms with van der Waals surface area (Å²) in [5.74, 6) is 1.93. The van der Waals surface area contributed by atoms with Crippen LogP contribution >= 0.6 is 0 Å². The third-order valence-corrected chi connectivity index (χ3v) is 17.8. The van der Waals surface area contributed by atoms with Crippen LogP contribution in [-0.2, 0) is 23.7 Å². The Morgan fingerprint density at radius 3 is 2.40 bits per heavy atom. The molecule has 8 rings (SSSR count). The monoisotopic (exact) mass is 744 g/mol. The Kier molecular flexibility index (Phi) is 9.63. The number of rotatable bonds is 9. The standard InChI is InChI=1S/C43H73N3O7/c1-11-50-37(39(5,6)49)28-20-26(2)34-35(52-28)36(48)41(8)30-13-12-29-38(3,4)31(14-15-42(29)25-43(30,42)17-16-40(34,41)7)53-33-24-46(18-19-51-33)27-21-45(22-27)23-32(47)44(9)10/h26-31,33-37,48-49H,11-25H2,1-10H3/t26-,28?,29+,30?,31+,33+,34+,35?,36+,37+,40-,41-,42?,43?/m1/s1. The first-order valence-electron chi connectivity index (χ1n) is 21.4. The molecular weight excluding hydrogens is 670 g/mol. The average Bonchev–Trinajstić information content (AvgIpc) is 3.70. The van der Waals surface area contributed by atoms with Gasteiger partial charge in [-0.1, -0.05) is 34.6 Å². The van der Waals surface area contributed by atoms with Gasteiger partial charge < -0.3 is 34.1 Å². The number of aliphatic hydroxyl groups is 2. The summed E-state index contributed by atoms with van der Waals surface area (Å²) in [7, 11) is 3.65. The van der Waals surface area contributed by atoms with Gasteiger partial charge in [0.05, 0.1) is 43.2 Å². The van der Waals surface area contributed by atoms with E-state index in [2.05, 4.69) is 44.4 Å². The molecule has 302 valence electrons. The number of likely N-dealkylation sites (N-methyl/N-ethyl adjacent to an activating group) is 1. The van der Waals surface area contributed by atoms with Gasteiger partial charge in [-0.25, -0.2) is 0 Å². The number of fused-ring (bicyclic) bond motifs is 4. The summed E-state index contributed by atoms with van der Waals surface area (Å²) in [5, 5.41) is 23.8. The second-order valence-electron chi connectivity index (χ2n) is 21.1. The Balaban J connectivity index is 0.955. The molecule has 0 aromatic heterocycles. The van der Waals surface area contributed by atoms with Crippen molar-refractivity contribution in [3.05, 3.63) is 0 Å². The highest BCUT2D eigenvalue weighted by Gasteiger charge is 2.84. The third-order valence-electron chi connectivity index (χ3n) is 17.8. The van der Waals surface area contributed by atoms with E-state index in [0.29, 0.717) is 54.9 Å². The molecule has 0 bridgehead atoms. The minimum Gasteiger partial charge on any atom is -0.390 e. The Bertz CT molecular complexity index is 1400. The molecule has 0 aromatic rings. The van der Waals surface area contributed by atoms with Crippen molar-refractivity contribution in [2.75, 3.05) is 60.0 Å². The fourth-order valence-electron chi connectivity index (χ4n) is 15.2. The molecule has 8 fully saturated rings. The Hall–Kier alpha value is -0.850. The second-order valence-corrected chi connectivity index (χ2v) is 21.1. The SMILES string of the molecule is CCO[C@@H](C1C[C@@H](C)[C@H]2C(O1)[C@H](O)[C@@]1(C)C3CC[C@H]4C(C)(C)[C@@H](O[C@H]5CN(C6CN(CC(=O)N(C)C)C6)CCO5)CCC45CC35CC[C@]21C)C(C)(C)O. The number of aliphatic hydroxyl groups excluding tert-OH is 1. The number of hydrogen-bond acceptors (Lipinski definition) is 9. The van der Waals surface area contributed by atoms with E-state index < -0.39 is 17.8 Å². The van der Waals surface area contributed by atoms with Gasteiger partial charge in [-0.3, -0.25) is 14.6 Å². The molecule has 10 nitrogen and oxygen atoms in total. The molecule has 2 N–H and O–H groups in total. The zero-order valence-corrected chi connectivity index (χ0v) is 34.7. The van der Waals surface area contributed by atoms with E-state index in [1.165, 1.54) is 25.7 Å². The van der Waals surface area contributed by atoms with Crippen molar-refractivity contribution in [2.45, 2.75) is 155 Å². The van der Waals surface area contributed by atoms with E-state index in [9.17, 15) is 15.0 Å². The predicted octanol–water partition coefficient (Wildman–Crippen LogP) is 4.79. The lowest BCUT2D eigenvalue weighted by atomic mass is 9.41. The lowest BCUT2D eigenvalue weighted by molar-refractivity contribution is -0.253. The van der Waals surface area contributed by atoms with E-state index in [1.807, 2.05) is 34.9 Å². The second kappa shape index (κ2) is 13.1. The van der Waals surface area contributed by atoms with Crippen molar-refractivity contribution in [3.8, 4) is 0 Å². The number of amides is 1. The van der Waals surface area contributed by atoms with Crippen LogP contribution in [0.1, 0.15) is 107 Å². The highest BCUT2D eigenvalue weighted by Crippen LogP contribution is 2.89. The molecule has 1 amide bonds. The van der Waals surface area contributed by atoms with Crippen LogP contribution in [0.5, 0.6) is 0 Å². The number of ether oxygens (including phenoxy) is 4. The third kappa shape index (κ3) is 5.63. The quantitative estimate of drug-likeness (QED) is 0.345. The Labute approximate surface area is 320 Å². The van der Waals surface area contributed by atoms with Crippen LogP contribution in [0.15, 0.2) is 0 Å².